The monoisotopic (exact) mass is 409 g/mol. The molecule has 2 rings (SSSR count). The fourth-order valence-corrected chi connectivity index (χ4v) is 4.85. The van der Waals surface area contributed by atoms with Gasteiger partial charge in [-0.05, 0) is 42.3 Å². The van der Waals surface area contributed by atoms with Gasteiger partial charge in [-0.2, -0.15) is 0 Å². The zero-order valence-corrected chi connectivity index (χ0v) is 15.0. The van der Waals surface area contributed by atoms with Gasteiger partial charge in [0, 0.05) is 15.9 Å². The van der Waals surface area contributed by atoms with Crippen LogP contribution in [0, 0.1) is 6.92 Å². The van der Waals surface area contributed by atoms with Crippen molar-refractivity contribution >= 4 is 48.9 Å². The summed E-state index contributed by atoms with van der Waals surface area (Å²) >= 11 is 10.5. The lowest BCUT2D eigenvalue weighted by Gasteiger charge is -2.12. The molecule has 0 spiro atoms. The van der Waals surface area contributed by atoms with E-state index in [9.17, 15) is 13.5 Å². The number of benzene rings is 1. The summed E-state index contributed by atoms with van der Waals surface area (Å²) in [4.78, 5) is 0.988. The maximum Gasteiger partial charge on any atom is 0.241 e. The van der Waals surface area contributed by atoms with Gasteiger partial charge in [0.1, 0.15) is 0 Å². The fraction of sp³-hybridized carbons (Fsp3) is 0.231. The summed E-state index contributed by atoms with van der Waals surface area (Å²) in [6.07, 6.45) is 0. The van der Waals surface area contributed by atoms with Crippen LogP contribution in [0.15, 0.2) is 33.6 Å². The van der Waals surface area contributed by atoms with Crippen LogP contribution in [-0.4, -0.2) is 13.5 Å². The SMILES string of the molecule is Cc1c(Br)cc(CO)cc1S(=O)(=O)NCc1ccc(Cl)s1. The molecule has 1 heterocycles. The molecule has 0 aliphatic heterocycles. The molecule has 4 nitrogen and oxygen atoms in total. The molecule has 0 saturated heterocycles. The van der Waals surface area contributed by atoms with Crippen molar-refractivity contribution in [1.82, 2.24) is 4.72 Å². The molecule has 0 aliphatic rings. The average Bonchev–Trinajstić information content (AvgIpc) is 2.85. The minimum Gasteiger partial charge on any atom is -0.392 e. The Morgan fingerprint density at radius 1 is 1.38 bits per heavy atom. The first-order valence-electron chi connectivity index (χ1n) is 5.97. The summed E-state index contributed by atoms with van der Waals surface area (Å²) in [7, 11) is -3.66. The highest BCUT2D eigenvalue weighted by Crippen LogP contribution is 2.26. The van der Waals surface area contributed by atoms with Gasteiger partial charge < -0.3 is 5.11 Å². The molecule has 2 aromatic rings. The topological polar surface area (TPSA) is 66.4 Å². The number of aliphatic hydroxyl groups excluding tert-OH is 1. The van der Waals surface area contributed by atoms with Gasteiger partial charge in [0.2, 0.25) is 10.0 Å². The molecule has 0 unspecified atom stereocenters. The van der Waals surface area contributed by atoms with Gasteiger partial charge in [-0.3, -0.25) is 0 Å². The van der Waals surface area contributed by atoms with E-state index in [0.717, 1.165) is 4.88 Å². The highest BCUT2D eigenvalue weighted by molar-refractivity contribution is 9.10. The van der Waals surface area contributed by atoms with E-state index in [0.29, 0.717) is 19.9 Å². The standard InChI is InChI=1S/C13H13BrClNO3S2/c1-8-11(14)4-9(7-17)5-12(8)21(18,19)16-6-10-2-3-13(15)20-10/h2-5,16-17H,6-7H2,1H3. The number of sulfonamides is 1. The van der Waals surface area contributed by atoms with Crippen LogP contribution in [0.1, 0.15) is 16.0 Å². The second kappa shape index (κ2) is 6.76. The summed E-state index contributed by atoms with van der Waals surface area (Å²) in [6, 6.07) is 6.68. The van der Waals surface area contributed by atoms with Crippen molar-refractivity contribution in [3.8, 4) is 0 Å². The summed E-state index contributed by atoms with van der Waals surface area (Å²) < 4.78 is 28.6. The van der Waals surface area contributed by atoms with Crippen LogP contribution < -0.4 is 4.72 Å². The largest absolute Gasteiger partial charge is 0.392 e. The molecule has 0 amide bonds. The molecular formula is C13H13BrClNO3S2. The van der Waals surface area contributed by atoms with E-state index in [4.69, 9.17) is 11.6 Å². The lowest BCUT2D eigenvalue weighted by atomic mass is 10.2. The van der Waals surface area contributed by atoms with Crippen molar-refractivity contribution in [2.24, 2.45) is 0 Å². The number of rotatable bonds is 5. The first-order chi connectivity index (χ1) is 9.83. The Hall–Kier alpha value is -0.440. The van der Waals surface area contributed by atoms with Gasteiger partial charge in [-0.25, -0.2) is 13.1 Å². The normalized spacial score (nSPS) is 11.8. The first-order valence-corrected chi connectivity index (χ1v) is 9.44. The molecule has 1 aromatic carbocycles. The summed E-state index contributed by atoms with van der Waals surface area (Å²) in [5, 5.41) is 9.20. The molecular weight excluding hydrogens is 398 g/mol. The van der Waals surface area contributed by atoms with Crippen molar-refractivity contribution in [1.29, 1.82) is 0 Å². The van der Waals surface area contributed by atoms with Crippen LogP contribution in [0.3, 0.4) is 0 Å². The van der Waals surface area contributed by atoms with Crippen molar-refractivity contribution < 1.29 is 13.5 Å². The van der Waals surface area contributed by atoms with Gasteiger partial charge >= 0.3 is 0 Å². The van der Waals surface area contributed by atoms with Crippen LogP contribution in [-0.2, 0) is 23.2 Å². The molecule has 0 radical (unpaired) electrons. The second-order valence-electron chi connectivity index (χ2n) is 4.39. The zero-order chi connectivity index (χ0) is 15.6. The van der Waals surface area contributed by atoms with Crippen molar-refractivity contribution in [2.45, 2.75) is 25.0 Å². The lowest BCUT2D eigenvalue weighted by Crippen LogP contribution is -2.24. The Kier molecular flexibility index (Phi) is 5.45. The third-order valence-electron chi connectivity index (χ3n) is 2.89. The van der Waals surface area contributed by atoms with Crippen LogP contribution in [0.5, 0.6) is 0 Å². The van der Waals surface area contributed by atoms with E-state index in [2.05, 4.69) is 20.7 Å². The molecule has 0 aliphatic carbocycles. The van der Waals surface area contributed by atoms with E-state index in [-0.39, 0.29) is 18.0 Å². The molecule has 2 N–H and O–H groups in total. The number of thiophene rings is 1. The van der Waals surface area contributed by atoms with Gasteiger partial charge in [-0.15, -0.1) is 11.3 Å². The number of hydrogen-bond acceptors (Lipinski definition) is 4. The lowest BCUT2D eigenvalue weighted by molar-refractivity contribution is 0.281. The third-order valence-corrected chi connectivity index (χ3v) is 6.48. The average molecular weight is 411 g/mol. The zero-order valence-electron chi connectivity index (χ0n) is 11.1. The van der Waals surface area contributed by atoms with E-state index in [1.54, 1.807) is 25.1 Å². The quantitative estimate of drug-likeness (QED) is 0.793. The first kappa shape index (κ1) is 16.9. The van der Waals surface area contributed by atoms with E-state index < -0.39 is 10.0 Å². The Morgan fingerprint density at radius 3 is 2.67 bits per heavy atom. The highest BCUT2D eigenvalue weighted by atomic mass is 79.9. The third kappa shape index (κ3) is 4.06. The smallest absolute Gasteiger partial charge is 0.241 e. The molecule has 0 saturated carbocycles. The van der Waals surface area contributed by atoms with Gasteiger partial charge in [0.25, 0.3) is 0 Å². The maximum absolute atomic E-state index is 12.4. The minimum absolute atomic E-state index is 0.156. The van der Waals surface area contributed by atoms with E-state index in [1.165, 1.54) is 17.4 Å². The maximum atomic E-state index is 12.4. The minimum atomic E-state index is -3.66. The van der Waals surface area contributed by atoms with Crippen molar-refractivity contribution in [2.75, 3.05) is 0 Å². The van der Waals surface area contributed by atoms with Crippen LogP contribution in [0.2, 0.25) is 4.34 Å². The van der Waals surface area contributed by atoms with Gasteiger partial charge in [-0.1, -0.05) is 27.5 Å². The van der Waals surface area contributed by atoms with Crippen LogP contribution in [0.4, 0.5) is 0 Å². The Labute approximate surface area is 140 Å². The summed E-state index contributed by atoms with van der Waals surface area (Å²) in [5.74, 6) is 0. The number of aliphatic hydroxyl groups is 1. The van der Waals surface area contributed by atoms with Crippen molar-refractivity contribution in [3.63, 3.8) is 0 Å². The summed E-state index contributed by atoms with van der Waals surface area (Å²) in [6.45, 7) is 1.67. The molecule has 8 heteroatoms. The number of hydrogen-bond donors (Lipinski definition) is 2. The molecule has 0 atom stereocenters. The predicted molar refractivity (Wildman–Crippen MR) is 88.2 cm³/mol. The van der Waals surface area contributed by atoms with Crippen LogP contribution in [0.25, 0.3) is 0 Å². The number of nitrogens with one attached hydrogen (secondary N) is 1. The molecule has 21 heavy (non-hydrogen) atoms. The Balaban J connectivity index is 2.29. The van der Waals surface area contributed by atoms with Gasteiger partial charge in [0.15, 0.2) is 0 Å². The Bertz CT molecular complexity index is 759. The Morgan fingerprint density at radius 2 is 2.10 bits per heavy atom. The predicted octanol–water partition coefficient (Wildman–Crippen LogP) is 3.44. The van der Waals surface area contributed by atoms with E-state index in [1.807, 2.05) is 0 Å². The molecule has 114 valence electrons. The van der Waals surface area contributed by atoms with E-state index >= 15 is 0 Å². The summed E-state index contributed by atoms with van der Waals surface area (Å²) in [5.41, 5.74) is 1.14. The number of halogens is 2. The molecule has 0 fully saturated rings. The van der Waals surface area contributed by atoms with Crippen LogP contribution >= 0.6 is 38.9 Å². The second-order valence-corrected chi connectivity index (χ2v) is 8.78. The highest BCUT2D eigenvalue weighted by Gasteiger charge is 2.19. The molecule has 1 aromatic heterocycles. The fourth-order valence-electron chi connectivity index (χ4n) is 1.77. The molecule has 0 bridgehead atoms. The van der Waals surface area contributed by atoms with Crippen molar-refractivity contribution in [3.05, 3.63) is 49.1 Å². The van der Waals surface area contributed by atoms with Gasteiger partial charge in [0.05, 0.1) is 15.8 Å².